The van der Waals surface area contributed by atoms with Crippen LogP contribution < -0.4 is 0 Å². The third-order valence-corrected chi connectivity index (χ3v) is 5.58. The normalized spacial score (nSPS) is 21.1. The standard InChI is InChI=1S/C22H29F5/c1-2-3-4-5-6-7-16-8-10-17(11-9-16)12-13-18-14-19(23)21(20(24)15-18)22(25,26)27/h3-4,14-17H,2,5-13H2,1H3/b4-3+. The van der Waals surface area contributed by atoms with Crippen molar-refractivity contribution in [2.45, 2.75) is 77.3 Å². The molecule has 152 valence electrons. The molecule has 0 unspecified atom stereocenters. The molecule has 2 rings (SSSR count). The van der Waals surface area contributed by atoms with Crippen molar-refractivity contribution in [2.75, 3.05) is 0 Å². The number of hydrogen-bond donors (Lipinski definition) is 0. The van der Waals surface area contributed by atoms with Crippen LogP contribution in [-0.2, 0) is 12.6 Å². The van der Waals surface area contributed by atoms with Crippen LogP contribution in [0.25, 0.3) is 0 Å². The first-order valence-corrected chi connectivity index (χ1v) is 10.0. The molecule has 1 fully saturated rings. The third-order valence-electron chi connectivity index (χ3n) is 5.58. The van der Waals surface area contributed by atoms with E-state index >= 15 is 0 Å². The van der Waals surface area contributed by atoms with E-state index in [1.54, 1.807) is 0 Å². The van der Waals surface area contributed by atoms with Crippen LogP contribution in [0.1, 0.15) is 75.8 Å². The fourth-order valence-corrected chi connectivity index (χ4v) is 4.03. The summed E-state index contributed by atoms with van der Waals surface area (Å²) in [5.41, 5.74) is -1.48. The summed E-state index contributed by atoms with van der Waals surface area (Å²) >= 11 is 0. The van der Waals surface area contributed by atoms with Gasteiger partial charge in [-0.2, -0.15) is 13.2 Å². The van der Waals surface area contributed by atoms with Crippen molar-refractivity contribution >= 4 is 0 Å². The highest BCUT2D eigenvalue weighted by molar-refractivity contribution is 5.28. The molecule has 0 bridgehead atoms. The monoisotopic (exact) mass is 388 g/mol. The molecular formula is C22H29F5. The van der Waals surface area contributed by atoms with Crippen molar-refractivity contribution in [3.05, 3.63) is 47.0 Å². The molecular weight excluding hydrogens is 359 g/mol. The van der Waals surface area contributed by atoms with E-state index in [1.807, 2.05) is 0 Å². The second kappa shape index (κ2) is 10.2. The largest absolute Gasteiger partial charge is 0.422 e. The van der Waals surface area contributed by atoms with Crippen molar-refractivity contribution in [1.82, 2.24) is 0 Å². The highest BCUT2D eigenvalue weighted by Gasteiger charge is 2.37. The number of rotatable bonds is 8. The first kappa shape index (κ1) is 21.9. The van der Waals surface area contributed by atoms with Crippen LogP contribution in [0.15, 0.2) is 24.3 Å². The van der Waals surface area contributed by atoms with Crippen molar-refractivity contribution < 1.29 is 22.0 Å². The van der Waals surface area contributed by atoms with Gasteiger partial charge in [0.2, 0.25) is 0 Å². The maximum Gasteiger partial charge on any atom is 0.422 e. The van der Waals surface area contributed by atoms with Crippen LogP contribution in [-0.4, -0.2) is 0 Å². The van der Waals surface area contributed by atoms with E-state index in [4.69, 9.17) is 0 Å². The fraction of sp³-hybridized carbons (Fsp3) is 0.636. The van der Waals surface area contributed by atoms with Gasteiger partial charge in [0, 0.05) is 0 Å². The molecule has 1 aromatic rings. The minimum absolute atomic E-state index is 0.308. The Bertz CT molecular complexity index is 587. The molecule has 1 aliphatic carbocycles. The quantitative estimate of drug-likeness (QED) is 0.241. The van der Waals surface area contributed by atoms with Crippen LogP contribution in [0, 0.1) is 23.5 Å². The van der Waals surface area contributed by atoms with Crippen LogP contribution in [0.2, 0.25) is 0 Å². The molecule has 0 aromatic heterocycles. The Balaban J connectivity index is 1.76. The summed E-state index contributed by atoms with van der Waals surface area (Å²) in [7, 11) is 0. The molecule has 0 radical (unpaired) electrons. The zero-order chi connectivity index (χ0) is 19.9. The van der Waals surface area contributed by atoms with Crippen LogP contribution >= 0.6 is 0 Å². The molecule has 0 saturated heterocycles. The van der Waals surface area contributed by atoms with Crippen molar-refractivity contribution in [2.24, 2.45) is 11.8 Å². The van der Waals surface area contributed by atoms with E-state index in [9.17, 15) is 22.0 Å². The Morgan fingerprint density at radius 1 is 0.926 bits per heavy atom. The first-order chi connectivity index (χ1) is 12.8. The molecule has 0 N–H and O–H groups in total. The zero-order valence-corrected chi connectivity index (χ0v) is 15.9. The second-order valence-electron chi connectivity index (χ2n) is 7.67. The molecule has 0 nitrogen and oxygen atoms in total. The molecule has 0 amide bonds. The molecule has 0 atom stereocenters. The summed E-state index contributed by atoms with van der Waals surface area (Å²) in [6, 6.07) is 1.67. The fourth-order valence-electron chi connectivity index (χ4n) is 4.03. The number of alkyl halides is 3. The maximum atomic E-state index is 13.7. The van der Waals surface area contributed by atoms with Gasteiger partial charge in [-0.1, -0.05) is 51.2 Å². The highest BCUT2D eigenvalue weighted by atomic mass is 19.4. The molecule has 0 aliphatic heterocycles. The predicted molar refractivity (Wildman–Crippen MR) is 98.4 cm³/mol. The van der Waals surface area contributed by atoms with Gasteiger partial charge in [-0.25, -0.2) is 8.78 Å². The maximum absolute atomic E-state index is 13.7. The Morgan fingerprint density at radius 3 is 2.00 bits per heavy atom. The molecule has 1 saturated carbocycles. The van der Waals surface area contributed by atoms with Crippen LogP contribution in [0.3, 0.4) is 0 Å². The lowest BCUT2D eigenvalue weighted by atomic mass is 9.78. The van der Waals surface area contributed by atoms with Gasteiger partial charge >= 0.3 is 6.18 Å². The average Bonchev–Trinajstić information content (AvgIpc) is 2.59. The van der Waals surface area contributed by atoms with E-state index in [0.717, 1.165) is 50.2 Å². The van der Waals surface area contributed by atoms with Gasteiger partial charge < -0.3 is 0 Å². The first-order valence-electron chi connectivity index (χ1n) is 10.0. The highest BCUT2D eigenvalue weighted by Crippen LogP contribution is 2.36. The van der Waals surface area contributed by atoms with Crippen molar-refractivity contribution in [1.29, 1.82) is 0 Å². The smallest absolute Gasteiger partial charge is 0.206 e. The van der Waals surface area contributed by atoms with Gasteiger partial charge in [0.1, 0.15) is 17.2 Å². The average molecular weight is 388 g/mol. The summed E-state index contributed by atoms with van der Waals surface area (Å²) < 4.78 is 65.2. The molecule has 0 heterocycles. The number of benzene rings is 1. The van der Waals surface area contributed by atoms with E-state index < -0.39 is 23.4 Å². The molecule has 27 heavy (non-hydrogen) atoms. The molecule has 0 spiro atoms. The minimum Gasteiger partial charge on any atom is -0.206 e. The van der Waals surface area contributed by atoms with Gasteiger partial charge in [-0.05, 0) is 61.6 Å². The lowest BCUT2D eigenvalue weighted by molar-refractivity contribution is -0.142. The van der Waals surface area contributed by atoms with E-state index in [-0.39, 0.29) is 0 Å². The van der Waals surface area contributed by atoms with Gasteiger partial charge in [0.05, 0.1) is 0 Å². The number of allylic oxidation sites excluding steroid dienone is 2. The second-order valence-corrected chi connectivity index (χ2v) is 7.67. The third kappa shape index (κ3) is 6.93. The Morgan fingerprint density at radius 2 is 1.48 bits per heavy atom. The van der Waals surface area contributed by atoms with Gasteiger partial charge in [-0.3, -0.25) is 0 Å². The number of halogens is 5. The van der Waals surface area contributed by atoms with E-state index in [2.05, 4.69) is 19.1 Å². The SMILES string of the molecule is CC/C=C/CCCC1CCC(CCc2cc(F)c(C(F)(F)F)c(F)c2)CC1. The summed E-state index contributed by atoms with van der Waals surface area (Å²) in [4.78, 5) is 0. The number of aryl methyl sites for hydroxylation is 1. The van der Waals surface area contributed by atoms with Gasteiger partial charge in [0.15, 0.2) is 0 Å². The summed E-state index contributed by atoms with van der Waals surface area (Å²) in [6.45, 7) is 2.13. The zero-order valence-electron chi connectivity index (χ0n) is 15.9. The Kier molecular flexibility index (Phi) is 8.30. The molecule has 1 aliphatic rings. The van der Waals surface area contributed by atoms with Gasteiger partial charge in [-0.15, -0.1) is 0 Å². The van der Waals surface area contributed by atoms with Crippen molar-refractivity contribution in [3.63, 3.8) is 0 Å². The lowest BCUT2D eigenvalue weighted by Gasteiger charge is -2.28. The van der Waals surface area contributed by atoms with Crippen LogP contribution in [0.4, 0.5) is 22.0 Å². The Hall–Kier alpha value is -1.39. The van der Waals surface area contributed by atoms with E-state index in [1.165, 1.54) is 25.7 Å². The lowest BCUT2D eigenvalue weighted by Crippen LogP contribution is -2.15. The molecule has 1 aromatic carbocycles. The topological polar surface area (TPSA) is 0 Å². The summed E-state index contributed by atoms with van der Waals surface area (Å²) in [5, 5.41) is 0. The number of unbranched alkanes of at least 4 members (excludes halogenated alkanes) is 1. The molecule has 5 heteroatoms. The Labute approximate surface area is 158 Å². The van der Waals surface area contributed by atoms with E-state index in [0.29, 0.717) is 17.9 Å². The number of hydrogen-bond acceptors (Lipinski definition) is 0. The van der Waals surface area contributed by atoms with Gasteiger partial charge in [0.25, 0.3) is 0 Å². The van der Waals surface area contributed by atoms with Crippen LogP contribution in [0.5, 0.6) is 0 Å². The van der Waals surface area contributed by atoms with Crippen molar-refractivity contribution in [3.8, 4) is 0 Å². The predicted octanol–water partition coefficient (Wildman–Crippen LogP) is 7.86. The summed E-state index contributed by atoms with van der Waals surface area (Å²) in [5.74, 6) is -1.77. The minimum atomic E-state index is -5.00. The summed E-state index contributed by atoms with van der Waals surface area (Å²) in [6.07, 6.45) is 9.87.